The van der Waals surface area contributed by atoms with Gasteiger partial charge in [0.1, 0.15) is 0 Å². The standard InChI is InChI=1S/C12H17F3N4OS/c1-18(8-10(20)19-4-2-16-3-5-19)7-9-6-17-11(21-9)12(13,14)15/h6,16H,2-5,7-8H2,1H3. The molecule has 2 heterocycles. The first-order chi connectivity index (χ1) is 9.86. The maximum atomic E-state index is 12.5. The van der Waals surface area contributed by atoms with Crippen molar-refractivity contribution in [3.63, 3.8) is 0 Å². The second kappa shape index (κ2) is 6.71. The average molecular weight is 322 g/mol. The molecule has 21 heavy (non-hydrogen) atoms. The lowest BCUT2D eigenvalue weighted by atomic mass is 10.3. The van der Waals surface area contributed by atoms with E-state index in [1.807, 2.05) is 0 Å². The van der Waals surface area contributed by atoms with E-state index in [9.17, 15) is 18.0 Å². The van der Waals surface area contributed by atoms with E-state index >= 15 is 0 Å². The lowest BCUT2D eigenvalue weighted by Crippen LogP contribution is -2.49. The molecule has 0 bridgehead atoms. The van der Waals surface area contributed by atoms with E-state index in [1.54, 1.807) is 16.8 Å². The summed E-state index contributed by atoms with van der Waals surface area (Å²) in [7, 11) is 1.72. The number of likely N-dealkylation sites (N-methyl/N-ethyl adjacent to an activating group) is 1. The zero-order chi connectivity index (χ0) is 15.5. The van der Waals surface area contributed by atoms with Gasteiger partial charge in [-0.1, -0.05) is 0 Å². The molecule has 0 aromatic carbocycles. The summed E-state index contributed by atoms with van der Waals surface area (Å²) in [6.45, 7) is 3.38. The molecule has 1 aliphatic rings. The second-order valence-corrected chi connectivity index (χ2v) is 6.05. The van der Waals surface area contributed by atoms with E-state index in [1.165, 1.54) is 6.20 Å². The Balaban J connectivity index is 1.85. The smallest absolute Gasteiger partial charge is 0.339 e. The number of nitrogens with one attached hydrogen (secondary N) is 1. The van der Waals surface area contributed by atoms with E-state index in [0.29, 0.717) is 29.3 Å². The van der Waals surface area contributed by atoms with Crippen LogP contribution in [0.25, 0.3) is 0 Å². The van der Waals surface area contributed by atoms with E-state index < -0.39 is 11.2 Å². The number of hydrogen-bond acceptors (Lipinski definition) is 5. The topological polar surface area (TPSA) is 48.5 Å². The molecule has 1 aromatic rings. The van der Waals surface area contributed by atoms with E-state index in [2.05, 4.69) is 10.3 Å². The van der Waals surface area contributed by atoms with Crippen molar-refractivity contribution in [3.05, 3.63) is 16.1 Å². The number of hydrogen-bond donors (Lipinski definition) is 1. The maximum Gasteiger partial charge on any atom is 0.443 e. The van der Waals surface area contributed by atoms with Crippen molar-refractivity contribution >= 4 is 17.2 Å². The van der Waals surface area contributed by atoms with Gasteiger partial charge in [-0.3, -0.25) is 9.69 Å². The van der Waals surface area contributed by atoms with Crippen LogP contribution in [0.1, 0.15) is 9.88 Å². The van der Waals surface area contributed by atoms with Crippen LogP contribution in [0.2, 0.25) is 0 Å². The summed E-state index contributed by atoms with van der Waals surface area (Å²) in [4.78, 5) is 19.4. The quantitative estimate of drug-likeness (QED) is 0.899. The third-order valence-corrected chi connectivity index (χ3v) is 4.12. The molecule has 0 spiro atoms. The highest BCUT2D eigenvalue weighted by Gasteiger charge is 2.34. The first kappa shape index (κ1) is 16.2. The summed E-state index contributed by atoms with van der Waals surface area (Å²) in [6, 6.07) is 0. The van der Waals surface area contributed by atoms with Crippen LogP contribution >= 0.6 is 11.3 Å². The van der Waals surface area contributed by atoms with Gasteiger partial charge >= 0.3 is 6.18 Å². The van der Waals surface area contributed by atoms with Crippen molar-refractivity contribution in [2.45, 2.75) is 12.7 Å². The van der Waals surface area contributed by atoms with Gasteiger partial charge in [0.15, 0.2) is 5.01 Å². The maximum absolute atomic E-state index is 12.5. The van der Waals surface area contributed by atoms with E-state index in [4.69, 9.17) is 0 Å². The number of piperazine rings is 1. The Labute approximate surface area is 124 Å². The predicted octanol–water partition coefficient (Wildman–Crippen LogP) is 1.03. The molecule has 1 aliphatic heterocycles. The number of thiazole rings is 1. The number of halogens is 3. The van der Waals surface area contributed by atoms with Gasteiger partial charge in [-0.15, -0.1) is 11.3 Å². The number of aromatic nitrogens is 1. The highest BCUT2D eigenvalue weighted by atomic mass is 32.1. The van der Waals surface area contributed by atoms with E-state index in [0.717, 1.165) is 13.1 Å². The molecule has 1 saturated heterocycles. The highest BCUT2D eigenvalue weighted by Crippen LogP contribution is 2.32. The van der Waals surface area contributed by atoms with Gasteiger partial charge in [0.05, 0.1) is 6.54 Å². The van der Waals surface area contributed by atoms with Gasteiger partial charge in [-0.25, -0.2) is 4.98 Å². The molecule has 1 fully saturated rings. The summed E-state index contributed by atoms with van der Waals surface area (Å²) in [6.07, 6.45) is -3.18. The first-order valence-electron chi connectivity index (χ1n) is 6.55. The Kier molecular flexibility index (Phi) is 5.17. The van der Waals surface area contributed by atoms with Crippen molar-refractivity contribution in [1.29, 1.82) is 0 Å². The van der Waals surface area contributed by atoms with Crippen molar-refractivity contribution in [1.82, 2.24) is 20.1 Å². The molecule has 0 atom stereocenters. The Morgan fingerprint density at radius 3 is 2.71 bits per heavy atom. The lowest BCUT2D eigenvalue weighted by molar-refractivity contribution is -0.137. The lowest BCUT2D eigenvalue weighted by Gasteiger charge is -2.29. The minimum Gasteiger partial charge on any atom is -0.339 e. The zero-order valence-corrected chi connectivity index (χ0v) is 12.4. The van der Waals surface area contributed by atoms with Gasteiger partial charge in [-0.05, 0) is 7.05 Å². The third kappa shape index (κ3) is 4.65. The fourth-order valence-corrected chi connectivity index (χ4v) is 2.94. The van der Waals surface area contributed by atoms with Gasteiger partial charge in [0.2, 0.25) is 5.91 Å². The molecule has 9 heteroatoms. The molecular weight excluding hydrogens is 305 g/mol. The highest BCUT2D eigenvalue weighted by molar-refractivity contribution is 7.11. The largest absolute Gasteiger partial charge is 0.443 e. The molecule has 1 amide bonds. The number of rotatable bonds is 4. The van der Waals surface area contributed by atoms with Crippen LogP contribution in [0.3, 0.4) is 0 Å². The third-order valence-electron chi connectivity index (χ3n) is 3.10. The Morgan fingerprint density at radius 2 is 2.14 bits per heavy atom. The molecule has 118 valence electrons. The summed E-state index contributed by atoms with van der Waals surface area (Å²) < 4.78 is 37.4. The monoisotopic (exact) mass is 322 g/mol. The Hall–Kier alpha value is -1.19. The van der Waals surface area contributed by atoms with Gasteiger partial charge in [-0.2, -0.15) is 13.2 Å². The van der Waals surface area contributed by atoms with Crippen molar-refractivity contribution in [2.75, 3.05) is 39.8 Å². The van der Waals surface area contributed by atoms with Crippen LogP contribution in [0, 0.1) is 0 Å². The molecule has 0 radical (unpaired) electrons. The van der Waals surface area contributed by atoms with Gasteiger partial charge in [0.25, 0.3) is 0 Å². The minimum atomic E-state index is -4.40. The molecule has 0 aliphatic carbocycles. The van der Waals surface area contributed by atoms with Crippen LogP contribution in [0.4, 0.5) is 13.2 Å². The first-order valence-corrected chi connectivity index (χ1v) is 7.37. The zero-order valence-electron chi connectivity index (χ0n) is 11.6. The van der Waals surface area contributed by atoms with Crippen LogP contribution in [0.15, 0.2) is 6.20 Å². The van der Waals surface area contributed by atoms with Crippen molar-refractivity contribution in [2.24, 2.45) is 0 Å². The molecule has 1 N–H and O–H groups in total. The predicted molar refractivity (Wildman–Crippen MR) is 72.9 cm³/mol. The van der Waals surface area contributed by atoms with Crippen LogP contribution < -0.4 is 5.32 Å². The molecule has 0 saturated carbocycles. The summed E-state index contributed by atoms with van der Waals surface area (Å²) in [5.74, 6) is -0.000407. The molecule has 2 rings (SSSR count). The van der Waals surface area contributed by atoms with Crippen LogP contribution in [-0.2, 0) is 17.5 Å². The number of carbonyl (C=O) groups is 1. The van der Waals surface area contributed by atoms with Crippen molar-refractivity contribution in [3.8, 4) is 0 Å². The Morgan fingerprint density at radius 1 is 1.48 bits per heavy atom. The van der Waals surface area contributed by atoms with Gasteiger partial charge < -0.3 is 10.2 Å². The number of amides is 1. The van der Waals surface area contributed by atoms with Crippen LogP contribution in [0.5, 0.6) is 0 Å². The average Bonchev–Trinajstić information content (AvgIpc) is 2.88. The normalized spacial score (nSPS) is 16.5. The summed E-state index contributed by atoms with van der Waals surface area (Å²) in [5, 5.41) is 2.31. The summed E-state index contributed by atoms with van der Waals surface area (Å²) >= 11 is 0.618. The fraction of sp³-hybridized carbons (Fsp3) is 0.667. The second-order valence-electron chi connectivity index (χ2n) is 4.93. The SMILES string of the molecule is CN(CC(=O)N1CCNCC1)Cc1cnc(C(F)(F)F)s1. The summed E-state index contributed by atoms with van der Waals surface area (Å²) in [5.41, 5.74) is 0. The minimum absolute atomic E-state index is 0.000407. The molecule has 5 nitrogen and oxygen atoms in total. The molecule has 1 aromatic heterocycles. The number of alkyl halides is 3. The molecule has 0 unspecified atom stereocenters. The van der Waals surface area contributed by atoms with E-state index in [-0.39, 0.29) is 19.0 Å². The Bertz CT molecular complexity index is 485. The number of carbonyl (C=O) groups excluding carboxylic acids is 1. The fourth-order valence-electron chi connectivity index (χ4n) is 2.08. The van der Waals surface area contributed by atoms with Crippen LogP contribution in [-0.4, -0.2) is 60.5 Å². The number of nitrogens with zero attached hydrogens (tertiary/aromatic N) is 3. The molecular formula is C12H17F3N4OS. The van der Waals surface area contributed by atoms with Gasteiger partial charge in [0, 0.05) is 43.8 Å². The van der Waals surface area contributed by atoms with Crippen molar-refractivity contribution < 1.29 is 18.0 Å².